The summed E-state index contributed by atoms with van der Waals surface area (Å²) in [5.74, 6) is -0.395. The number of aliphatic carboxylic acids is 1. The Labute approximate surface area is 131 Å². The Morgan fingerprint density at radius 1 is 1.14 bits per heavy atom. The number of ether oxygens (including phenoxy) is 1. The van der Waals surface area contributed by atoms with Crippen molar-refractivity contribution in [2.75, 3.05) is 0 Å². The lowest BCUT2D eigenvalue weighted by atomic mass is 10.0. The first-order valence-electron chi connectivity index (χ1n) is 7.47. The van der Waals surface area contributed by atoms with Gasteiger partial charge in [-0.1, -0.05) is 37.3 Å². The van der Waals surface area contributed by atoms with Gasteiger partial charge in [-0.25, -0.2) is 0 Å². The average Bonchev–Trinajstić information content (AvgIpc) is 2.47. The van der Waals surface area contributed by atoms with Gasteiger partial charge in [-0.2, -0.15) is 0 Å². The van der Waals surface area contributed by atoms with Crippen molar-refractivity contribution in [2.24, 2.45) is 5.92 Å². The summed E-state index contributed by atoms with van der Waals surface area (Å²) < 4.78 is 5.89. The largest absolute Gasteiger partial charge is 0.489 e. The van der Waals surface area contributed by atoms with E-state index in [0.717, 1.165) is 11.3 Å². The molecule has 0 amide bonds. The summed E-state index contributed by atoms with van der Waals surface area (Å²) in [6, 6.07) is 13.9. The Hall–Kier alpha value is -2.29. The van der Waals surface area contributed by atoms with Crippen molar-refractivity contribution < 1.29 is 14.6 Å². The Morgan fingerprint density at radius 2 is 1.77 bits per heavy atom. The van der Waals surface area contributed by atoms with Crippen LogP contribution in [0.2, 0.25) is 0 Å². The molecule has 0 aliphatic heterocycles. The molecule has 0 aliphatic rings. The lowest BCUT2D eigenvalue weighted by Crippen LogP contribution is -2.12. The maximum atomic E-state index is 10.9. The molecule has 0 bridgehead atoms. The van der Waals surface area contributed by atoms with Crippen LogP contribution in [0.5, 0.6) is 5.75 Å². The van der Waals surface area contributed by atoms with Gasteiger partial charge in [0.1, 0.15) is 12.4 Å². The van der Waals surface area contributed by atoms with Gasteiger partial charge in [0.15, 0.2) is 0 Å². The Bertz CT molecular complexity index is 641. The fourth-order valence-electron chi connectivity index (χ4n) is 2.44. The Kier molecular flexibility index (Phi) is 5.21. The third-order valence-corrected chi connectivity index (χ3v) is 3.89. The van der Waals surface area contributed by atoms with Crippen LogP contribution >= 0.6 is 0 Å². The normalized spacial score (nSPS) is 12.0. The molecule has 2 aromatic rings. The van der Waals surface area contributed by atoms with Gasteiger partial charge in [-0.3, -0.25) is 4.79 Å². The highest BCUT2D eigenvalue weighted by atomic mass is 16.5. The van der Waals surface area contributed by atoms with E-state index in [1.165, 1.54) is 16.7 Å². The van der Waals surface area contributed by atoms with Crippen molar-refractivity contribution in [3.63, 3.8) is 0 Å². The van der Waals surface area contributed by atoms with Crippen LogP contribution in [0.3, 0.4) is 0 Å². The molecule has 2 aromatic carbocycles. The highest BCUT2D eigenvalue weighted by Crippen LogP contribution is 2.20. The fourth-order valence-corrected chi connectivity index (χ4v) is 2.44. The van der Waals surface area contributed by atoms with Gasteiger partial charge in [0, 0.05) is 0 Å². The summed E-state index contributed by atoms with van der Waals surface area (Å²) in [5, 5.41) is 8.99. The Morgan fingerprint density at radius 3 is 2.41 bits per heavy atom. The first-order chi connectivity index (χ1) is 10.5. The maximum absolute atomic E-state index is 10.9. The topological polar surface area (TPSA) is 46.5 Å². The van der Waals surface area contributed by atoms with Crippen LogP contribution in [0.1, 0.15) is 29.2 Å². The summed E-state index contributed by atoms with van der Waals surface area (Å²) in [4.78, 5) is 10.9. The molecule has 0 fully saturated rings. The Balaban J connectivity index is 2.06. The summed E-state index contributed by atoms with van der Waals surface area (Å²) in [5.41, 5.74) is 4.62. The van der Waals surface area contributed by atoms with E-state index in [4.69, 9.17) is 9.84 Å². The second-order valence-corrected chi connectivity index (χ2v) is 5.75. The van der Waals surface area contributed by atoms with E-state index in [2.05, 4.69) is 26.0 Å². The molecule has 3 heteroatoms. The van der Waals surface area contributed by atoms with Crippen LogP contribution in [0.4, 0.5) is 0 Å². The van der Waals surface area contributed by atoms with Crippen LogP contribution in [0, 0.1) is 19.8 Å². The van der Waals surface area contributed by atoms with E-state index in [1.54, 1.807) is 6.92 Å². The van der Waals surface area contributed by atoms with Crippen molar-refractivity contribution in [1.82, 2.24) is 0 Å². The predicted octanol–water partition coefficient (Wildman–Crippen LogP) is 4.15. The number of carboxylic acid groups (broad SMARTS) is 1. The van der Waals surface area contributed by atoms with Gasteiger partial charge in [0.25, 0.3) is 0 Å². The van der Waals surface area contributed by atoms with E-state index in [1.807, 2.05) is 30.3 Å². The lowest BCUT2D eigenvalue weighted by Gasteiger charge is -2.13. The minimum Gasteiger partial charge on any atom is -0.489 e. The molecule has 0 aliphatic carbocycles. The van der Waals surface area contributed by atoms with E-state index >= 15 is 0 Å². The number of benzene rings is 2. The molecule has 3 nitrogen and oxygen atoms in total. The minimum absolute atomic E-state index is 0.395. The standard InChI is InChI=1S/C19H22O3/c1-13-6-4-7-14(2)18(13)12-22-17-9-5-8-16(11-17)10-15(3)19(20)21/h4-9,11,15H,10,12H2,1-3H3,(H,20,21)/t15-/m0/s1. The number of hydrogen-bond acceptors (Lipinski definition) is 2. The number of rotatable bonds is 6. The van der Waals surface area contributed by atoms with Gasteiger partial charge in [0.2, 0.25) is 0 Å². The number of hydrogen-bond donors (Lipinski definition) is 1. The molecule has 1 atom stereocenters. The van der Waals surface area contributed by atoms with Crippen molar-refractivity contribution >= 4 is 5.97 Å². The number of carbonyl (C=O) groups is 1. The van der Waals surface area contributed by atoms with Crippen molar-refractivity contribution in [3.8, 4) is 5.75 Å². The van der Waals surface area contributed by atoms with Crippen molar-refractivity contribution in [1.29, 1.82) is 0 Å². The molecule has 0 radical (unpaired) electrons. The molecular weight excluding hydrogens is 276 g/mol. The van der Waals surface area contributed by atoms with Crippen molar-refractivity contribution in [2.45, 2.75) is 33.8 Å². The molecule has 0 saturated carbocycles. The van der Waals surface area contributed by atoms with Crippen LogP contribution in [-0.4, -0.2) is 11.1 Å². The van der Waals surface area contributed by atoms with Gasteiger partial charge in [-0.05, 0) is 54.7 Å². The summed E-state index contributed by atoms with van der Waals surface area (Å²) in [6.45, 7) is 6.40. The van der Waals surface area contributed by atoms with Gasteiger partial charge in [0.05, 0.1) is 5.92 Å². The second-order valence-electron chi connectivity index (χ2n) is 5.75. The van der Waals surface area contributed by atoms with E-state index in [-0.39, 0.29) is 0 Å². The summed E-state index contributed by atoms with van der Waals surface area (Å²) in [7, 11) is 0. The van der Waals surface area contributed by atoms with Crippen LogP contribution in [-0.2, 0) is 17.8 Å². The third-order valence-electron chi connectivity index (χ3n) is 3.89. The molecular formula is C19H22O3. The van der Waals surface area contributed by atoms with E-state index in [9.17, 15) is 4.79 Å². The summed E-state index contributed by atoms with van der Waals surface area (Å²) in [6.07, 6.45) is 0.510. The quantitative estimate of drug-likeness (QED) is 0.871. The molecule has 116 valence electrons. The zero-order valence-corrected chi connectivity index (χ0v) is 13.3. The maximum Gasteiger partial charge on any atom is 0.306 e. The minimum atomic E-state index is -0.776. The molecule has 2 rings (SSSR count). The molecule has 1 N–H and O–H groups in total. The van der Waals surface area contributed by atoms with Gasteiger partial charge < -0.3 is 9.84 Å². The number of aryl methyl sites for hydroxylation is 2. The van der Waals surface area contributed by atoms with Gasteiger partial charge >= 0.3 is 5.97 Å². The smallest absolute Gasteiger partial charge is 0.306 e. The fraction of sp³-hybridized carbons (Fsp3) is 0.316. The van der Waals surface area contributed by atoms with Crippen molar-refractivity contribution in [3.05, 3.63) is 64.7 Å². The molecule has 22 heavy (non-hydrogen) atoms. The third kappa shape index (κ3) is 4.10. The summed E-state index contributed by atoms with van der Waals surface area (Å²) >= 11 is 0. The van der Waals surface area contributed by atoms with E-state index in [0.29, 0.717) is 13.0 Å². The zero-order chi connectivity index (χ0) is 16.1. The number of carboxylic acids is 1. The van der Waals surface area contributed by atoms with Crippen LogP contribution in [0.25, 0.3) is 0 Å². The van der Waals surface area contributed by atoms with Crippen LogP contribution < -0.4 is 4.74 Å². The first-order valence-corrected chi connectivity index (χ1v) is 7.47. The second kappa shape index (κ2) is 7.12. The first kappa shape index (κ1) is 16.1. The zero-order valence-electron chi connectivity index (χ0n) is 13.3. The highest BCUT2D eigenvalue weighted by molar-refractivity contribution is 5.69. The average molecular weight is 298 g/mol. The molecule has 0 spiro atoms. The highest BCUT2D eigenvalue weighted by Gasteiger charge is 2.12. The van der Waals surface area contributed by atoms with Gasteiger partial charge in [-0.15, -0.1) is 0 Å². The monoisotopic (exact) mass is 298 g/mol. The predicted molar refractivity (Wildman–Crippen MR) is 87.2 cm³/mol. The molecule has 0 aromatic heterocycles. The lowest BCUT2D eigenvalue weighted by molar-refractivity contribution is -0.141. The SMILES string of the molecule is Cc1cccc(C)c1COc1cccc(C[C@H](C)C(=O)O)c1. The van der Waals surface area contributed by atoms with E-state index < -0.39 is 11.9 Å². The van der Waals surface area contributed by atoms with Crippen LogP contribution in [0.15, 0.2) is 42.5 Å². The molecule has 0 unspecified atom stereocenters. The molecule has 0 heterocycles. The molecule has 0 saturated heterocycles.